The first-order chi connectivity index (χ1) is 8.60. The second kappa shape index (κ2) is 6.45. The minimum absolute atomic E-state index is 0.166. The van der Waals surface area contributed by atoms with Crippen LogP contribution < -0.4 is 26.1 Å². The van der Waals surface area contributed by atoms with E-state index in [1.165, 1.54) is 14.2 Å². The van der Waals surface area contributed by atoms with Crippen molar-refractivity contribution in [1.82, 2.24) is 10.7 Å². The van der Waals surface area contributed by atoms with Gasteiger partial charge in [-0.2, -0.15) is 0 Å². The fourth-order valence-corrected chi connectivity index (χ4v) is 1.30. The van der Waals surface area contributed by atoms with Gasteiger partial charge in [-0.25, -0.2) is 5.84 Å². The van der Waals surface area contributed by atoms with Crippen LogP contribution in [0.1, 0.15) is 5.56 Å². The molecule has 7 heteroatoms. The van der Waals surface area contributed by atoms with Crippen molar-refractivity contribution >= 4 is 11.8 Å². The predicted molar refractivity (Wildman–Crippen MR) is 63.7 cm³/mol. The van der Waals surface area contributed by atoms with Crippen molar-refractivity contribution in [2.24, 2.45) is 5.84 Å². The number of hydrogen-bond acceptors (Lipinski definition) is 5. The maximum atomic E-state index is 11.2. The van der Waals surface area contributed by atoms with Crippen LogP contribution in [0.4, 0.5) is 0 Å². The Morgan fingerprint density at radius 2 is 1.67 bits per heavy atom. The molecule has 1 rings (SSSR count). The highest BCUT2D eigenvalue weighted by Gasteiger charge is 2.11. The summed E-state index contributed by atoms with van der Waals surface area (Å²) in [4.78, 5) is 22.1. The highest BCUT2D eigenvalue weighted by molar-refractivity contribution is 6.34. The van der Waals surface area contributed by atoms with Crippen molar-refractivity contribution in [3.05, 3.63) is 23.8 Å². The number of nitrogens with one attached hydrogen (secondary N) is 2. The van der Waals surface area contributed by atoms with E-state index < -0.39 is 11.8 Å². The molecule has 0 heterocycles. The molecule has 2 amide bonds. The molecule has 0 unspecified atom stereocenters. The zero-order valence-electron chi connectivity index (χ0n) is 10.1. The molecule has 0 atom stereocenters. The lowest BCUT2D eigenvalue weighted by Gasteiger charge is -2.09. The number of carbonyl (C=O) groups excluding carboxylic acids is 2. The van der Waals surface area contributed by atoms with E-state index in [4.69, 9.17) is 15.3 Å². The first-order valence-electron chi connectivity index (χ1n) is 5.11. The number of nitrogens with two attached hydrogens (primary N) is 1. The fraction of sp³-hybridized carbons (Fsp3) is 0.273. The third-order valence-electron chi connectivity index (χ3n) is 2.20. The Kier molecular flexibility index (Phi) is 4.94. The monoisotopic (exact) mass is 253 g/mol. The Labute approximate surface area is 104 Å². The van der Waals surface area contributed by atoms with Crippen molar-refractivity contribution < 1.29 is 19.1 Å². The predicted octanol–water partition coefficient (Wildman–Crippen LogP) is -0.690. The summed E-state index contributed by atoms with van der Waals surface area (Å²) in [5.41, 5.74) is 2.49. The van der Waals surface area contributed by atoms with Crippen LogP contribution in [0.2, 0.25) is 0 Å². The molecule has 0 radical (unpaired) electrons. The van der Waals surface area contributed by atoms with Crippen molar-refractivity contribution in [3.8, 4) is 11.5 Å². The van der Waals surface area contributed by atoms with E-state index in [9.17, 15) is 9.59 Å². The second-order valence-corrected chi connectivity index (χ2v) is 3.38. The van der Waals surface area contributed by atoms with Crippen molar-refractivity contribution in [2.45, 2.75) is 6.54 Å². The highest BCUT2D eigenvalue weighted by Crippen LogP contribution is 2.22. The van der Waals surface area contributed by atoms with E-state index in [2.05, 4.69) is 5.32 Å². The van der Waals surface area contributed by atoms with Gasteiger partial charge in [0, 0.05) is 12.6 Å². The maximum Gasteiger partial charge on any atom is 0.323 e. The summed E-state index contributed by atoms with van der Waals surface area (Å²) in [5, 5.41) is 2.41. The average molecular weight is 253 g/mol. The Hall–Kier alpha value is -2.28. The number of benzene rings is 1. The van der Waals surface area contributed by atoms with Gasteiger partial charge < -0.3 is 14.8 Å². The topological polar surface area (TPSA) is 103 Å². The zero-order valence-corrected chi connectivity index (χ0v) is 10.1. The number of rotatable bonds is 4. The maximum absolute atomic E-state index is 11.2. The van der Waals surface area contributed by atoms with E-state index in [1.807, 2.05) is 0 Å². The SMILES string of the molecule is COc1cc(CNC(=O)C(=O)NN)cc(OC)c1. The van der Waals surface area contributed by atoms with Crippen LogP contribution in [0.3, 0.4) is 0 Å². The molecule has 0 aliphatic carbocycles. The molecular weight excluding hydrogens is 238 g/mol. The first kappa shape index (κ1) is 13.8. The van der Waals surface area contributed by atoms with Crippen LogP contribution in [-0.2, 0) is 16.1 Å². The lowest BCUT2D eigenvalue weighted by atomic mass is 10.2. The van der Waals surface area contributed by atoms with Crippen LogP contribution in [0.5, 0.6) is 11.5 Å². The summed E-state index contributed by atoms with van der Waals surface area (Å²) in [6, 6.07) is 5.16. The van der Waals surface area contributed by atoms with Gasteiger partial charge in [0.05, 0.1) is 14.2 Å². The Balaban J connectivity index is 2.72. The van der Waals surface area contributed by atoms with Gasteiger partial charge in [-0.05, 0) is 17.7 Å². The smallest absolute Gasteiger partial charge is 0.323 e. The molecule has 0 saturated heterocycles. The lowest BCUT2D eigenvalue weighted by molar-refractivity contribution is -0.139. The molecule has 0 spiro atoms. The largest absolute Gasteiger partial charge is 0.497 e. The number of carbonyl (C=O) groups is 2. The Morgan fingerprint density at radius 1 is 1.11 bits per heavy atom. The number of ether oxygens (including phenoxy) is 2. The van der Waals surface area contributed by atoms with Gasteiger partial charge in [-0.3, -0.25) is 15.0 Å². The number of methoxy groups -OCH3 is 2. The van der Waals surface area contributed by atoms with Gasteiger partial charge in [0.15, 0.2) is 0 Å². The number of hydrazine groups is 1. The second-order valence-electron chi connectivity index (χ2n) is 3.38. The molecule has 0 aliphatic heterocycles. The van der Waals surface area contributed by atoms with Gasteiger partial charge >= 0.3 is 11.8 Å². The normalized spacial score (nSPS) is 9.50. The third kappa shape index (κ3) is 3.63. The number of amides is 2. The molecule has 4 N–H and O–H groups in total. The van der Waals surface area contributed by atoms with E-state index >= 15 is 0 Å². The average Bonchev–Trinajstić information content (AvgIpc) is 2.43. The molecule has 0 aliphatic rings. The fourth-order valence-electron chi connectivity index (χ4n) is 1.30. The van der Waals surface area contributed by atoms with Crippen molar-refractivity contribution in [1.29, 1.82) is 0 Å². The first-order valence-corrected chi connectivity index (χ1v) is 5.11. The minimum atomic E-state index is -0.898. The van der Waals surface area contributed by atoms with Gasteiger partial charge in [0.2, 0.25) is 0 Å². The Morgan fingerprint density at radius 3 is 2.11 bits per heavy atom. The molecule has 1 aromatic rings. The lowest BCUT2D eigenvalue weighted by Crippen LogP contribution is -2.42. The van der Waals surface area contributed by atoms with E-state index in [0.29, 0.717) is 11.5 Å². The summed E-state index contributed by atoms with van der Waals surface area (Å²) in [7, 11) is 3.05. The van der Waals surface area contributed by atoms with Crippen molar-refractivity contribution in [3.63, 3.8) is 0 Å². The molecule has 0 fully saturated rings. The molecule has 18 heavy (non-hydrogen) atoms. The molecule has 0 bridgehead atoms. The molecule has 0 saturated carbocycles. The summed E-state index contributed by atoms with van der Waals surface area (Å²) >= 11 is 0. The van der Waals surface area contributed by atoms with Crippen LogP contribution in [-0.4, -0.2) is 26.0 Å². The van der Waals surface area contributed by atoms with Gasteiger partial charge in [-0.1, -0.05) is 0 Å². The van der Waals surface area contributed by atoms with Gasteiger partial charge in [0.25, 0.3) is 0 Å². The van der Waals surface area contributed by atoms with Crippen LogP contribution in [0.25, 0.3) is 0 Å². The summed E-state index contributed by atoms with van der Waals surface area (Å²) in [6.07, 6.45) is 0. The van der Waals surface area contributed by atoms with Crippen LogP contribution in [0.15, 0.2) is 18.2 Å². The number of hydrogen-bond donors (Lipinski definition) is 3. The molecule has 0 aromatic heterocycles. The van der Waals surface area contributed by atoms with Crippen LogP contribution >= 0.6 is 0 Å². The Bertz CT molecular complexity index is 426. The third-order valence-corrected chi connectivity index (χ3v) is 2.20. The highest BCUT2D eigenvalue weighted by atomic mass is 16.5. The standard InChI is InChI=1S/C11H15N3O4/c1-17-8-3-7(4-9(5-8)18-2)6-13-10(15)11(16)14-12/h3-5H,6,12H2,1-2H3,(H,13,15)(H,14,16). The van der Waals surface area contributed by atoms with Gasteiger partial charge in [0.1, 0.15) is 11.5 Å². The van der Waals surface area contributed by atoms with E-state index in [1.54, 1.807) is 23.6 Å². The molecular formula is C11H15N3O4. The van der Waals surface area contributed by atoms with Crippen molar-refractivity contribution in [2.75, 3.05) is 14.2 Å². The zero-order chi connectivity index (χ0) is 13.5. The molecule has 7 nitrogen and oxygen atoms in total. The quantitative estimate of drug-likeness (QED) is 0.285. The van der Waals surface area contributed by atoms with E-state index in [0.717, 1.165) is 5.56 Å². The summed E-state index contributed by atoms with van der Waals surface area (Å²) in [5.74, 6) is 4.33. The summed E-state index contributed by atoms with van der Waals surface area (Å²) in [6.45, 7) is 0.166. The van der Waals surface area contributed by atoms with Crippen LogP contribution in [0, 0.1) is 0 Å². The molecule has 1 aromatic carbocycles. The summed E-state index contributed by atoms with van der Waals surface area (Å²) < 4.78 is 10.2. The van der Waals surface area contributed by atoms with E-state index in [-0.39, 0.29) is 6.54 Å². The minimum Gasteiger partial charge on any atom is -0.497 e. The molecule has 98 valence electrons. The van der Waals surface area contributed by atoms with Gasteiger partial charge in [-0.15, -0.1) is 0 Å².